The van der Waals surface area contributed by atoms with Crippen LogP contribution in [0.2, 0.25) is 0 Å². The molecular formula is C19H18N4O2S. The van der Waals surface area contributed by atoms with E-state index in [4.69, 9.17) is 4.74 Å². The fraction of sp³-hybridized carbons (Fsp3) is 0.105. The molecule has 2 heterocycles. The average Bonchev–Trinajstić information content (AvgIpc) is 3.30. The van der Waals surface area contributed by atoms with Crippen LogP contribution in [0.25, 0.3) is 16.6 Å². The van der Waals surface area contributed by atoms with Gasteiger partial charge in [-0.3, -0.25) is 9.89 Å². The van der Waals surface area contributed by atoms with E-state index in [0.29, 0.717) is 0 Å². The Hall–Kier alpha value is -3.19. The van der Waals surface area contributed by atoms with E-state index in [1.165, 1.54) is 11.1 Å². The first-order valence-electron chi connectivity index (χ1n) is 7.92. The number of allylic oxidation sites excluding steroid dienone is 1. The minimum absolute atomic E-state index is 0.289. The number of hydrogen-bond acceptors (Lipinski definition) is 5. The Labute approximate surface area is 155 Å². The molecule has 1 amide bonds. The van der Waals surface area contributed by atoms with Gasteiger partial charge in [-0.1, -0.05) is 18.2 Å². The summed E-state index contributed by atoms with van der Waals surface area (Å²) in [6.45, 7) is 2.03. The number of thiophene rings is 1. The van der Waals surface area contributed by atoms with Gasteiger partial charge < -0.3 is 4.74 Å². The summed E-state index contributed by atoms with van der Waals surface area (Å²) in [6, 6.07) is 13.4. The number of H-pyrrole nitrogens is 1. The number of ether oxygens (including phenoxy) is 1. The topological polar surface area (TPSA) is 79.4 Å². The zero-order chi connectivity index (χ0) is 18.4. The van der Waals surface area contributed by atoms with E-state index in [2.05, 4.69) is 20.7 Å². The van der Waals surface area contributed by atoms with Crippen molar-refractivity contribution in [2.45, 2.75) is 6.92 Å². The summed E-state index contributed by atoms with van der Waals surface area (Å²) in [6.07, 6.45) is 5.07. The lowest BCUT2D eigenvalue weighted by Gasteiger charge is -2.02. The third-order valence-electron chi connectivity index (χ3n) is 3.56. The zero-order valence-electron chi connectivity index (χ0n) is 14.4. The highest BCUT2D eigenvalue weighted by Gasteiger charge is 2.11. The van der Waals surface area contributed by atoms with E-state index >= 15 is 0 Å². The number of para-hydroxylation sites is 1. The minimum Gasteiger partial charge on any atom is -0.496 e. The molecule has 0 atom stereocenters. The largest absolute Gasteiger partial charge is 0.496 e. The molecule has 0 saturated carbocycles. The van der Waals surface area contributed by atoms with Gasteiger partial charge in [0, 0.05) is 16.7 Å². The second-order valence-electron chi connectivity index (χ2n) is 5.40. The van der Waals surface area contributed by atoms with E-state index in [1.54, 1.807) is 30.6 Å². The number of nitrogens with one attached hydrogen (secondary N) is 2. The highest BCUT2D eigenvalue weighted by molar-refractivity contribution is 7.15. The second-order valence-corrected chi connectivity index (χ2v) is 6.69. The van der Waals surface area contributed by atoms with E-state index in [9.17, 15) is 4.79 Å². The number of amides is 1. The van der Waals surface area contributed by atoms with Gasteiger partial charge in [0.1, 0.15) is 5.75 Å². The molecule has 2 aromatic heterocycles. The number of hydrazone groups is 1. The van der Waals surface area contributed by atoms with Gasteiger partial charge in [-0.25, -0.2) is 5.43 Å². The molecule has 1 aromatic carbocycles. The summed E-state index contributed by atoms with van der Waals surface area (Å²) in [5.41, 5.74) is 4.48. The molecule has 0 saturated heterocycles. The Balaban J connectivity index is 1.58. The highest BCUT2D eigenvalue weighted by Crippen LogP contribution is 2.26. The van der Waals surface area contributed by atoms with E-state index < -0.39 is 0 Å². The van der Waals surface area contributed by atoms with E-state index in [-0.39, 0.29) is 11.6 Å². The van der Waals surface area contributed by atoms with Crippen LogP contribution in [0.15, 0.2) is 53.6 Å². The first kappa shape index (κ1) is 17.6. The van der Waals surface area contributed by atoms with Crippen LogP contribution in [0.1, 0.15) is 20.9 Å². The minimum atomic E-state index is -0.372. The van der Waals surface area contributed by atoms with E-state index in [0.717, 1.165) is 21.9 Å². The lowest BCUT2D eigenvalue weighted by molar-refractivity contribution is 0.0950. The first-order chi connectivity index (χ1) is 12.7. The number of methoxy groups -OCH3 is 1. The van der Waals surface area contributed by atoms with E-state index in [1.807, 2.05) is 49.4 Å². The van der Waals surface area contributed by atoms with Gasteiger partial charge >= 0.3 is 0 Å². The number of benzene rings is 1. The van der Waals surface area contributed by atoms with Crippen molar-refractivity contribution in [1.29, 1.82) is 0 Å². The van der Waals surface area contributed by atoms with Crippen LogP contribution in [-0.4, -0.2) is 29.4 Å². The maximum atomic E-state index is 12.1. The maximum absolute atomic E-state index is 12.1. The summed E-state index contributed by atoms with van der Waals surface area (Å²) in [7, 11) is 1.62. The Morgan fingerprint density at radius 2 is 2.15 bits per heavy atom. The maximum Gasteiger partial charge on any atom is 0.291 e. The standard InChI is InChI=1S/C19H18N4O2S/c1-13-9-10-18(26-13)15-12-16(22-21-15)19(24)23-20-11-5-7-14-6-3-4-8-17(14)25-2/h3-12H,1-2H3,(H,21,22)(H,23,24)/b7-5+,20-11-. The van der Waals surface area contributed by atoms with Gasteiger partial charge in [0.2, 0.25) is 0 Å². The molecule has 26 heavy (non-hydrogen) atoms. The predicted molar refractivity (Wildman–Crippen MR) is 105 cm³/mol. The van der Waals surface area contributed by atoms with Crippen molar-refractivity contribution in [1.82, 2.24) is 15.6 Å². The number of nitrogens with zero attached hydrogens (tertiary/aromatic N) is 2. The summed E-state index contributed by atoms with van der Waals surface area (Å²) < 4.78 is 5.26. The second kappa shape index (κ2) is 8.26. The molecule has 0 bridgehead atoms. The van der Waals surface area contributed by atoms with Crippen molar-refractivity contribution < 1.29 is 9.53 Å². The Morgan fingerprint density at radius 3 is 2.92 bits per heavy atom. The van der Waals surface area contributed by atoms with Gasteiger partial charge in [0.05, 0.1) is 17.7 Å². The van der Waals surface area contributed by atoms with Crippen molar-refractivity contribution >= 4 is 29.5 Å². The van der Waals surface area contributed by atoms with Crippen LogP contribution in [0.3, 0.4) is 0 Å². The molecule has 7 heteroatoms. The summed E-state index contributed by atoms with van der Waals surface area (Å²) in [5.74, 6) is 0.400. The number of carbonyl (C=O) groups excluding carboxylic acids is 1. The SMILES string of the molecule is COc1ccccc1/C=C/C=N\NC(=O)c1cc(-c2ccc(C)s2)[nH]n1. The van der Waals surface area contributed by atoms with Crippen molar-refractivity contribution in [3.63, 3.8) is 0 Å². The van der Waals surface area contributed by atoms with Crippen LogP contribution in [0.5, 0.6) is 5.75 Å². The van der Waals surface area contributed by atoms with Crippen LogP contribution >= 0.6 is 11.3 Å². The zero-order valence-corrected chi connectivity index (χ0v) is 15.2. The lowest BCUT2D eigenvalue weighted by Crippen LogP contribution is -2.17. The number of hydrogen-bond donors (Lipinski definition) is 2. The molecule has 0 aliphatic heterocycles. The summed E-state index contributed by atoms with van der Waals surface area (Å²) >= 11 is 1.64. The molecule has 132 valence electrons. The lowest BCUT2D eigenvalue weighted by atomic mass is 10.2. The summed E-state index contributed by atoms with van der Waals surface area (Å²) in [4.78, 5) is 14.3. The van der Waals surface area contributed by atoms with Crippen LogP contribution in [-0.2, 0) is 0 Å². The molecule has 0 aliphatic carbocycles. The van der Waals surface area contributed by atoms with Crippen molar-refractivity contribution in [2.24, 2.45) is 5.10 Å². The normalized spacial score (nSPS) is 11.3. The molecule has 3 rings (SSSR count). The number of carbonyl (C=O) groups is 1. The Bertz CT molecular complexity index is 956. The molecule has 0 aliphatic rings. The molecule has 2 N–H and O–H groups in total. The number of aryl methyl sites for hydroxylation is 1. The fourth-order valence-corrected chi connectivity index (χ4v) is 3.12. The van der Waals surface area contributed by atoms with Gasteiger partial charge in [-0.2, -0.15) is 10.2 Å². The Kier molecular flexibility index (Phi) is 5.60. The molecule has 0 fully saturated rings. The number of aromatic nitrogens is 2. The van der Waals surface area contributed by atoms with Gasteiger partial charge in [-0.15, -0.1) is 11.3 Å². The third kappa shape index (κ3) is 4.25. The highest BCUT2D eigenvalue weighted by atomic mass is 32.1. The van der Waals surface area contributed by atoms with Gasteiger partial charge in [0.25, 0.3) is 5.91 Å². The molecule has 0 unspecified atom stereocenters. The smallest absolute Gasteiger partial charge is 0.291 e. The number of rotatable bonds is 6. The summed E-state index contributed by atoms with van der Waals surface area (Å²) in [5, 5.41) is 10.8. The fourth-order valence-electron chi connectivity index (χ4n) is 2.29. The third-order valence-corrected chi connectivity index (χ3v) is 4.59. The van der Waals surface area contributed by atoms with Crippen LogP contribution in [0.4, 0.5) is 0 Å². The molecule has 0 radical (unpaired) electrons. The first-order valence-corrected chi connectivity index (χ1v) is 8.74. The quantitative estimate of drug-likeness (QED) is 0.513. The van der Waals surface area contributed by atoms with Crippen molar-refractivity contribution in [3.05, 3.63) is 64.7 Å². The number of aromatic amines is 1. The van der Waals surface area contributed by atoms with Crippen molar-refractivity contribution in [2.75, 3.05) is 7.11 Å². The van der Waals surface area contributed by atoms with Crippen molar-refractivity contribution in [3.8, 4) is 16.3 Å². The predicted octanol–water partition coefficient (Wildman–Crippen LogP) is 3.88. The van der Waals surface area contributed by atoms with Crippen LogP contribution < -0.4 is 10.2 Å². The molecule has 0 spiro atoms. The molecule has 6 nitrogen and oxygen atoms in total. The monoisotopic (exact) mass is 366 g/mol. The Morgan fingerprint density at radius 1 is 1.31 bits per heavy atom. The average molecular weight is 366 g/mol. The molecule has 3 aromatic rings. The van der Waals surface area contributed by atoms with Gasteiger partial charge in [0.15, 0.2) is 5.69 Å². The molecular weight excluding hydrogens is 348 g/mol. The van der Waals surface area contributed by atoms with Gasteiger partial charge in [-0.05, 0) is 43.3 Å². The van der Waals surface area contributed by atoms with Crippen LogP contribution in [0, 0.1) is 6.92 Å².